The molecule has 21 heavy (non-hydrogen) atoms. The zero-order valence-corrected chi connectivity index (χ0v) is 11.3. The number of aromatic nitrogens is 1. The third kappa shape index (κ3) is 2.19. The first-order valence-corrected chi connectivity index (χ1v) is 6.56. The van der Waals surface area contributed by atoms with Crippen molar-refractivity contribution < 1.29 is 9.90 Å². The van der Waals surface area contributed by atoms with Crippen LogP contribution in [0.15, 0.2) is 61.2 Å². The lowest BCUT2D eigenvalue weighted by molar-refractivity contribution is 0.0697. The van der Waals surface area contributed by atoms with Crippen LogP contribution >= 0.6 is 0 Å². The minimum atomic E-state index is -0.998. The van der Waals surface area contributed by atoms with Crippen LogP contribution in [-0.4, -0.2) is 16.1 Å². The molecule has 0 saturated heterocycles. The van der Waals surface area contributed by atoms with E-state index in [1.54, 1.807) is 0 Å². The lowest BCUT2D eigenvalue weighted by atomic mass is 9.94. The molecule has 0 saturated carbocycles. The Morgan fingerprint density at radius 3 is 2.38 bits per heavy atom. The number of pyridine rings is 1. The lowest BCUT2D eigenvalue weighted by Crippen LogP contribution is -2.06. The highest BCUT2D eigenvalue weighted by Gasteiger charge is 2.20. The fourth-order valence-corrected chi connectivity index (χ4v) is 2.50. The second-order valence-corrected chi connectivity index (χ2v) is 4.64. The molecule has 3 aromatic rings. The Morgan fingerprint density at radius 1 is 1.05 bits per heavy atom. The Bertz CT molecular complexity index is 838. The summed E-state index contributed by atoms with van der Waals surface area (Å²) in [5, 5.41) is 10.4. The average molecular weight is 275 g/mol. The third-order valence-corrected chi connectivity index (χ3v) is 3.39. The first-order chi connectivity index (χ1) is 10.2. The molecule has 0 radical (unpaired) electrons. The van der Waals surface area contributed by atoms with Crippen LogP contribution in [0.2, 0.25) is 0 Å². The summed E-state index contributed by atoms with van der Waals surface area (Å²) >= 11 is 0. The van der Waals surface area contributed by atoms with Gasteiger partial charge in [0.15, 0.2) is 0 Å². The molecule has 0 spiro atoms. The summed E-state index contributed by atoms with van der Waals surface area (Å²) in [6, 6.07) is 17.0. The number of carboxylic acids is 1. The first kappa shape index (κ1) is 13.1. The molecule has 0 aliphatic rings. The molecule has 2 aromatic carbocycles. The van der Waals surface area contributed by atoms with Crippen LogP contribution in [0.5, 0.6) is 0 Å². The Labute approximate surface area is 122 Å². The van der Waals surface area contributed by atoms with E-state index >= 15 is 0 Å². The van der Waals surface area contributed by atoms with Gasteiger partial charge in [0.1, 0.15) is 0 Å². The zero-order chi connectivity index (χ0) is 14.8. The minimum absolute atomic E-state index is 0.190. The second-order valence-electron chi connectivity index (χ2n) is 4.64. The molecule has 3 nitrogen and oxygen atoms in total. The molecule has 0 fully saturated rings. The highest BCUT2D eigenvalue weighted by Crippen LogP contribution is 2.33. The molecular weight excluding hydrogens is 262 g/mol. The van der Waals surface area contributed by atoms with Gasteiger partial charge >= 0.3 is 5.97 Å². The summed E-state index contributed by atoms with van der Waals surface area (Å²) in [6.45, 7) is 3.69. The molecule has 102 valence electrons. The molecule has 0 aliphatic heterocycles. The maximum Gasteiger partial charge on any atom is 0.338 e. The number of hydrogen-bond donors (Lipinski definition) is 1. The third-order valence-electron chi connectivity index (χ3n) is 3.39. The predicted molar refractivity (Wildman–Crippen MR) is 84.2 cm³/mol. The molecule has 0 bridgehead atoms. The van der Waals surface area contributed by atoms with Crippen molar-refractivity contribution in [2.75, 3.05) is 0 Å². The monoisotopic (exact) mass is 275 g/mol. The fraction of sp³-hybridized carbons (Fsp3) is 0. The highest BCUT2D eigenvalue weighted by molar-refractivity contribution is 6.08. The molecule has 3 rings (SSSR count). The van der Waals surface area contributed by atoms with E-state index in [-0.39, 0.29) is 5.56 Å². The van der Waals surface area contributed by atoms with Crippen molar-refractivity contribution in [1.29, 1.82) is 0 Å². The van der Waals surface area contributed by atoms with Crippen molar-refractivity contribution in [3.8, 4) is 11.1 Å². The van der Waals surface area contributed by atoms with Crippen LogP contribution in [-0.2, 0) is 0 Å². The molecular formula is C18H13NO2. The summed E-state index contributed by atoms with van der Waals surface area (Å²) in [5.74, 6) is -0.998. The van der Waals surface area contributed by atoms with Crippen LogP contribution in [0.3, 0.4) is 0 Å². The van der Waals surface area contributed by atoms with E-state index in [9.17, 15) is 9.90 Å². The number of rotatable bonds is 3. The van der Waals surface area contributed by atoms with Crippen molar-refractivity contribution in [3.05, 3.63) is 72.4 Å². The minimum Gasteiger partial charge on any atom is -0.478 e. The van der Waals surface area contributed by atoms with Gasteiger partial charge in [-0.2, -0.15) is 0 Å². The standard InChI is InChI=1S/C18H13NO2/c1-2-14-17(18(20)21)16(12-8-4-3-5-9-12)13-10-6-7-11-15(13)19-14/h2-11H,1H2,(H,20,21). The highest BCUT2D eigenvalue weighted by atomic mass is 16.4. The summed E-state index contributed by atoms with van der Waals surface area (Å²) in [6.07, 6.45) is 1.49. The molecule has 0 unspecified atom stereocenters. The van der Waals surface area contributed by atoms with E-state index in [1.807, 2.05) is 54.6 Å². The van der Waals surface area contributed by atoms with Gasteiger partial charge in [0.25, 0.3) is 0 Å². The van der Waals surface area contributed by atoms with Crippen molar-refractivity contribution in [1.82, 2.24) is 4.98 Å². The molecule has 3 heteroatoms. The van der Waals surface area contributed by atoms with Crippen LogP contribution in [0.25, 0.3) is 28.1 Å². The topological polar surface area (TPSA) is 50.2 Å². The van der Waals surface area contributed by atoms with Gasteiger partial charge in [0, 0.05) is 10.9 Å². The predicted octanol–water partition coefficient (Wildman–Crippen LogP) is 4.24. The number of hydrogen-bond acceptors (Lipinski definition) is 2. The lowest BCUT2D eigenvalue weighted by Gasteiger charge is -2.13. The van der Waals surface area contributed by atoms with E-state index in [1.165, 1.54) is 6.08 Å². The van der Waals surface area contributed by atoms with Gasteiger partial charge in [-0.05, 0) is 17.7 Å². The maximum absolute atomic E-state index is 11.7. The van der Waals surface area contributed by atoms with Crippen LogP contribution < -0.4 is 0 Å². The Kier molecular flexibility index (Phi) is 3.24. The first-order valence-electron chi connectivity index (χ1n) is 6.56. The Hall–Kier alpha value is -2.94. The Balaban J connectivity index is 2.51. The van der Waals surface area contributed by atoms with Crippen LogP contribution in [0, 0.1) is 0 Å². The zero-order valence-electron chi connectivity index (χ0n) is 11.3. The van der Waals surface area contributed by atoms with E-state index in [2.05, 4.69) is 11.6 Å². The Morgan fingerprint density at radius 2 is 1.71 bits per heavy atom. The SMILES string of the molecule is C=Cc1nc2ccccc2c(-c2ccccc2)c1C(=O)O. The van der Waals surface area contributed by atoms with E-state index < -0.39 is 5.97 Å². The van der Waals surface area contributed by atoms with Crippen molar-refractivity contribution in [3.63, 3.8) is 0 Å². The van der Waals surface area contributed by atoms with Crippen molar-refractivity contribution in [2.45, 2.75) is 0 Å². The van der Waals surface area contributed by atoms with E-state index in [0.717, 1.165) is 16.5 Å². The van der Waals surface area contributed by atoms with Gasteiger partial charge in [0.05, 0.1) is 16.8 Å². The summed E-state index contributed by atoms with van der Waals surface area (Å²) in [7, 11) is 0. The quantitative estimate of drug-likeness (QED) is 0.777. The fourth-order valence-electron chi connectivity index (χ4n) is 2.50. The van der Waals surface area contributed by atoms with Gasteiger partial charge in [-0.1, -0.05) is 55.1 Å². The van der Waals surface area contributed by atoms with Crippen LogP contribution in [0.4, 0.5) is 0 Å². The number of nitrogens with zero attached hydrogens (tertiary/aromatic N) is 1. The average Bonchev–Trinajstić information content (AvgIpc) is 2.53. The van der Waals surface area contributed by atoms with Crippen LogP contribution in [0.1, 0.15) is 16.1 Å². The molecule has 1 N–H and O–H groups in total. The van der Waals surface area contributed by atoms with Gasteiger partial charge < -0.3 is 5.11 Å². The van der Waals surface area contributed by atoms with Crippen molar-refractivity contribution >= 4 is 22.9 Å². The summed E-state index contributed by atoms with van der Waals surface area (Å²) in [4.78, 5) is 16.1. The molecule has 0 amide bonds. The normalized spacial score (nSPS) is 10.5. The van der Waals surface area contributed by atoms with Crippen molar-refractivity contribution in [2.24, 2.45) is 0 Å². The largest absolute Gasteiger partial charge is 0.478 e. The number of benzene rings is 2. The van der Waals surface area contributed by atoms with Gasteiger partial charge in [-0.3, -0.25) is 0 Å². The number of fused-ring (bicyclic) bond motifs is 1. The maximum atomic E-state index is 11.7. The number of aromatic carboxylic acids is 1. The molecule has 0 aliphatic carbocycles. The van der Waals surface area contributed by atoms with Gasteiger partial charge in [0.2, 0.25) is 0 Å². The molecule has 0 atom stereocenters. The van der Waals surface area contributed by atoms with Gasteiger partial charge in [-0.25, -0.2) is 9.78 Å². The number of carbonyl (C=O) groups is 1. The molecule has 1 heterocycles. The van der Waals surface area contributed by atoms with E-state index in [0.29, 0.717) is 11.3 Å². The number of carboxylic acid groups (broad SMARTS) is 1. The smallest absolute Gasteiger partial charge is 0.338 e. The summed E-state index contributed by atoms with van der Waals surface area (Å²) in [5.41, 5.74) is 2.88. The van der Waals surface area contributed by atoms with Gasteiger partial charge in [-0.15, -0.1) is 0 Å². The number of para-hydroxylation sites is 1. The second kappa shape index (κ2) is 5.21. The van der Waals surface area contributed by atoms with E-state index in [4.69, 9.17) is 0 Å². The molecule has 1 aromatic heterocycles. The summed E-state index contributed by atoms with van der Waals surface area (Å²) < 4.78 is 0.